The van der Waals surface area contributed by atoms with Crippen molar-refractivity contribution in [1.82, 2.24) is 20.4 Å². The second-order valence-corrected chi connectivity index (χ2v) is 5.14. The van der Waals surface area contributed by atoms with Crippen molar-refractivity contribution in [2.75, 3.05) is 13.2 Å². The van der Waals surface area contributed by atoms with Gasteiger partial charge in [-0.15, -0.1) is 5.10 Å². The number of aryl methyl sites for hydroxylation is 1. The van der Waals surface area contributed by atoms with Crippen LogP contribution in [0, 0.1) is 0 Å². The summed E-state index contributed by atoms with van der Waals surface area (Å²) < 4.78 is 13.4. The van der Waals surface area contributed by atoms with E-state index >= 15 is 0 Å². The molecule has 0 bridgehead atoms. The molecule has 1 aromatic carbocycles. The zero-order valence-electron chi connectivity index (χ0n) is 10.8. The third kappa shape index (κ3) is 2.26. The van der Waals surface area contributed by atoms with E-state index in [1.54, 1.807) is 4.68 Å². The molecular formula is C12H14BrN5O2. The third-order valence-corrected chi connectivity index (χ3v) is 3.73. The van der Waals surface area contributed by atoms with E-state index in [9.17, 15) is 0 Å². The SMILES string of the molecule is Cn1nnc(Br)c1C(NN)c1ccc2c(c1)OCCO2. The van der Waals surface area contributed by atoms with Gasteiger partial charge in [0.2, 0.25) is 0 Å². The van der Waals surface area contributed by atoms with Crippen molar-refractivity contribution in [3.8, 4) is 11.5 Å². The number of nitrogens with zero attached hydrogens (tertiary/aromatic N) is 3. The lowest BCUT2D eigenvalue weighted by Gasteiger charge is -2.22. The Morgan fingerprint density at radius 1 is 1.35 bits per heavy atom. The Morgan fingerprint density at radius 3 is 2.75 bits per heavy atom. The molecule has 7 nitrogen and oxygen atoms in total. The van der Waals surface area contributed by atoms with Gasteiger partial charge in [0, 0.05) is 7.05 Å². The summed E-state index contributed by atoms with van der Waals surface area (Å²) in [5.74, 6) is 7.17. The molecule has 8 heteroatoms. The van der Waals surface area contributed by atoms with Crippen LogP contribution in [-0.2, 0) is 7.05 Å². The van der Waals surface area contributed by atoms with E-state index in [1.165, 1.54) is 0 Å². The lowest BCUT2D eigenvalue weighted by molar-refractivity contribution is 0.171. The molecule has 3 rings (SSSR count). The highest BCUT2D eigenvalue weighted by molar-refractivity contribution is 9.10. The molecule has 0 saturated heterocycles. The average molecular weight is 340 g/mol. The predicted molar refractivity (Wildman–Crippen MR) is 75.3 cm³/mol. The fourth-order valence-corrected chi connectivity index (χ4v) is 2.77. The van der Waals surface area contributed by atoms with Gasteiger partial charge in [0.05, 0.1) is 11.7 Å². The Bertz CT molecular complexity index is 611. The van der Waals surface area contributed by atoms with Crippen LogP contribution in [0.4, 0.5) is 0 Å². The van der Waals surface area contributed by atoms with Crippen molar-refractivity contribution in [2.24, 2.45) is 12.9 Å². The molecule has 0 radical (unpaired) electrons. The fraction of sp³-hybridized carbons (Fsp3) is 0.333. The minimum absolute atomic E-state index is 0.250. The normalized spacial score (nSPS) is 15.2. The summed E-state index contributed by atoms with van der Waals surface area (Å²) in [6.07, 6.45) is 0. The first-order valence-electron chi connectivity index (χ1n) is 6.11. The maximum absolute atomic E-state index is 5.70. The van der Waals surface area contributed by atoms with Crippen LogP contribution in [0.2, 0.25) is 0 Å². The highest BCUT2D eigenvalue weighted by Crippen LogP contribution is 2.35. The molecule has 1 atom stereocenters. The topological polar surface area (TPSA) is 87.2 Å². The summed E-state index contributed by atoms with van der Waals surface area (Å²) in [5, 5.41) is 7.94. The highest BCUT2D eigenvalue weighted by Gasteiger charge is 2.23. The second-order valence-electron chi connectivity index (χ2n) is 4.39. The van der Waals surface area contributed by atoms with Crippen molar-refractivity contribution >= 4 is 15.9 Å². The van der Waals surface area contributed by atoms with E-state index in [-0.39, 0.29) is 6.04 Å². The zero-order valence-corrected chi connectivity index (χ0v) is 12.4. The molecule has 2 heterocycles. The Kier molecular flexibility index (Phi) is 3.60. The van der Waals surface area contributed by atoms with Crippen molar-refractivity contribution in [3.05, 3.63) is 34.1 Å². The number of hydrazine groups is 1. The van der Waals surface area contributed by atoms with Crippen molar-refractivity contribution in [3.63, 3.8) is 0 Å². The van der Waals surface area contributed by atoms with E-state index < -0.39 is 0 Å². The Morgan fingerprint density at radius 2 is 2.10 bits per heavy atom. The molecule has 2 aromatic rings. The van der Waals surface area contributed by atoms with E-state index in [4.69, 9.17) is 15.3 Å². The molecular weight excluding hydrogens is 326 g/mol. The van der Waals surface area contributed by atoms with Crippen molar-refractivity contribution in [1.29, 1.82) is 0 Å². The molecule has 0 spiro atoms. The molecule has 3 N–H and O–H groups in total. The molecule has 0 saturated carbocycles. The summed E-state index contributed by atoms with van der Waals surface area (Å²) in [6, 6.07) is 5.49. The Hall–Kier alpha value is -1.64. The van der Waals surface area contributed by atoms with Gasteiger partial charge in [-0.1, -0.05) is 11.3 Å². The standard InChI is InChI=1S/C12H14BrN5O2/c1-18-11(12(13)16-17-18)10(15-14)7-2-3-8-9(6-7)20-5-4-19-8/h2-3,6,10,15H,4-5,14H2,1H3. The molecule has 1 aromatic heterocycles. The predicted octanol–water partition coefficient (Wildman–Crippen LogP) is 0.901. The van der Waals surface area contributed by atoms with Gasteiger partial charge in [-0.3, -0.25) is 5.84 Å². The zero-order chi connectivity index (χ0) is 14.1. The third-order valence-electron chi connectivity index (χ3n) is 3.17. The quantitative estimate of drug-likeness (QED) is 0.638. The van der Waals surface area contributed by atoms with E-state index in [2.05, 4.69) is 31.7 Å². The number of nitrogens with two attached hydrogens (primary N) is 1. The number of nitrogens with one attached hydrogen (secondary N) is 1. The van der Waals surface area contributed by atoms with Crippen LogP contribution in [-0.4, -0.2) is 28.2 Å². The van der Waals surface area contributed by atoms with E-state index in [0.717, 1.165) is 22.8 Å². The van der Waals surface area contributed by atoms with Gasteiger partial charge in [0.15, 0.2) is 16.1 Å². The monoisotopic (exact) mass is 339 g/mol. The van der Waals surface area contributed by atoms with Gasteiger partial charge in [-0.2, -0.15) is 0 Å². The smallest absolute Gasteiger partial charge is 0.161 e. The summed E-state index contributed by atoms with van der Waals surface area (Å²) in [5.41, 5.74) is 4.57. The average Bonchev–Trinajstić information content (AvgIpc) is 2.80. The first kappa shape index (κ1) is 13.3. The maximum Gasteiger partial charge on any atom is 0.161 e. The van der Waals surface area contributed by atoms with Gasteiger partial charge in [-0.05, 0) is 33.6 Å². The van der Waals surface area contributed by atoms with Gasteiger partial charge >= 0.3 is 0 Å². The first-order chi connectivity index (χ1) is 9.70. The number of rotatable bonds is 3. The summed E-state index contributed by atoms with van der Waals surface area (Å²) in [4.78, 5) is 0. The Balaban J connectivity index is 2.01. The van der Waals surface area contributed by atoms with Crippen LogP contribution in [0.15, 0.2) is 22.8 Å². The number of benzene rings is 1. The Labute approximate surface area is 124 Å². The molecule has 1 unspecified atom stereocenters. The van der Waals surface area contributed by atoms with Crippen LogP contribution in [0.1, 0.15) is 17.3 Å². The van der Waals surface area contributed by atoms with Gasteiger partial charge in [-0.25, -0.2) is 10.1 Å². The molecule has 106 valence electrons. The van der Waals surface area contributed by atoms with Gasteiger partial charge in [0.25, 0.3) is 0 Å². The minimum Gasteiger partial charge on any atom is -0.486 e. The van der Waals surface area contributed by atoms with Gasteiger partial charge < -0.3 is 9.47 Å². The van der Waals surface area contributed by atoms with Crippen molar-refractivity contribution < 1.29 is 9.47 Å². The van der Waals surface area contributed by atoms with Crippen LogP contribution in [0.25, 0.3) is 0 Å². The minimum atomic E-state index is -0.250. The summed E-state index contributed by atoms with van der Waals surface area (Å²) in [6.45, 7) is 1.12. The number of hydrogen-bond acceptors (Lipinski definition) is 6. The van der Waals surface area contributed by atoms with E-state index in [1.807, 2.05) is 25.2 Å². The molecule has 20 heavy (non-hydrogen) atoms. The number of aromatic nitrogens is 3. The number of halogens is 1. The molecule has 0 fully saturated rings. The number of fused-ring (bicyclic) bond motifs is 1. The highest BCUT2D eigenvalue weighted by atomic mass is 79.9. The largest absolute Gasteiger partial charge is 0.486 e. The summed E-state index contributed by atoms with van der Waals surface area (Å²) in [7, 11) is 1.81. The lowest BCUT2D eigenvalue weighted by atomic mass is 10.0. The van der Waals surface area contributed by atoms with Crippen LogP contribution < -0.4 is 20.7 Å². The van der Waals surface area contributed by atoms with Crippen LogP contribution >= 0.6 is 15.9 Å². The maximum atomic E-state index is 5.70. The van der Waals surface area contributed by atoms with Crippen LogP contribution in [0.3, 0.4) is 0 Å². The molecule has 0 aliphatic carbocycles. The fourth-order valence-electron chi connectivity index (χ4n) is 2.22. The first-order valence-corrected chi connectivity index (χ1v) is 6.90. The van der Waals surface area contributed by atoms with Crippen molar-refractivity contribution in [2.45, 2.75) is 6.04 Å². The molecule has 0 amide bonds. The number of ether oxygens (including phenoxy) is 2. The molecule has 1 aliphatic rings. The lowest BCUT2D eigenvalue weighted by Crippen LogP contribution is -2.30. The number of hydrogen-bond donors (Lipinski definition) is 2. The second kappa shape index (κ2) is 5.39. The van der Waals surface area contributed by atoms with E-state index in [0.29, 0.717) is 17.8 Å². The van der Waals surface area contributed by atoms with Gasteiger partial charge in [0.1, 0.15) is 13.2 Å². The van der Waals surface area contributed by atoms with Crippen LogP contribution in [0.5, 0.6) is 11.5 Å². The molecule has 1 aliphatic heterocycles. The summed E-state index contributed by atoms with van der Waals surface area (Å²) >= 11 is 3.38.